The average molecular weight is 249 g/mol. The number of nitrogens with one attached hydrogen (secondary N) is 1. The largest absolute Gasteiger partial charge is 0.371 e. The van der Waals surface area contributed by atoms with Crippen LogP contribution in [-0.4, -0.2) is 46.3 Å². The Balaban J connectivity index is 1.76. The van der Waals surface area contributed by atoms with Gasteiger partial charge in [-0.2, -0.15) is 5.10 Å². The van der Waals surface area contributed by atoms with Gasteiger partial charge in [0.05, 0.1) is 30.5 Å². The Morgan fingerprint density at radius 1 is 1.50 bits per heavy atom. The van der Waals surface area contributed by atoms with Gasteiger partial charge in [0, 0.05) is 12.2 Å². The molecule has 5 heteroatoms. The van der Waals surface area contributed by atoms with Crippen LogP contribution in [0.15, 0.2) is 6.20 Å². The van der Waals surface area contributed by atoms with Crippen molar-refractivity contribution < 1.29 is 9.53 Å². The normalized spacial score (nSPS) is 22.6. The van der Waals surface area contributed by atoms with Crippen molar-refractivity contribution in [2.75, 3.05) is 19.7 Å². The Morgan fingerprint density at radius 3 is 2.94 bits per heavy atom. The van der Waals surface area contributed by atoms with Crippen molar-refractivity contribution >= 4 is 5.91 Å². The molecule has 1 aromatic rings. The van der Waals surface area contributed by atoms with Crippen LogP contribution in [0.25, 0.3) is 0 Å². The maximum absolute atomic E-state index is 12.4. The van der Waals surface area contributed by atoms with E-state index < -0.39 is 0 Å². The summed E-state index contributed by atoms with van der Waals surface area (Å²) in [6.07, 6.45) is 6.22. The number of nitrogens with zero attached hydrogens (tertiary/aromatic N) is 2. The Kier molecular flexibility index (Phi) is 2.86. The average Bonchev–Trinajstić information content (AvgIpc) is 2.98. The lowest BCUT2D eigenvalue weighted by Gasteiger charge is -2.40. The Morgan fingerprint density at radius 2 is 2.28 bits per heavy atom. The minimum Gasteiger partial charge on any atom is -0.371 e. The molecule has 0 atom stereocenters. The lowest BCUT2D eigenvalue weighted by Crippen LogP contribution is -2.52. The summed E-state index contributed by atoms with van der Waals surface area (Å²) >= 11 is 0. The summed E-state index contributed by atoms with van der Waals surface area (Å²) in [6.45, 7) is 3.95. The highest BCUT2D eigenvalue weighted by Gasteiger charge is 2.40. The second kappa shape index (κ2) is 4.39. The number of H-pyrrole nitrogens is 1. The molecule has 0 unspecified atom stereocenters. The van der Waals surface area contributed by atoms with E-state index in [2.05, 4.69) is 10.2 Å². The fourth-order valence-electron chi connectivity index (χ4n) is 3.08. The van der Waals surface area contributed by atoms with Gasteiger partial charge in [-0.1, -0.05) is 12.8 Å². The maximum Gasteiger partial charge on any atom is 0.257 e. The quantitative estimate of drug-likeness (QED) is 0.820. The highest BCUT2D eigenvalue weighted by atomic mass is 16.5. The summed E-state index contributed by atoms with van der Waals surface area (Å²) in [6, 6.07) is 0. The number of carbonyl (C=O) groups is 1. The Hall–Kier alpha value is -1.36. The molecule has 1 spiro atoms. The lowest BCUT2D eigenvalue weighted by atomic mass is 9.99. The van der Waals surface area contributed by atoms with Crippen molar-refractivity contribution in [2.24, 2.45) is 0 Å². The van der Waals surface area contributed by atoms with E-state index in [4.69, 9.17) is 4.74 Å². The standard InChI is InChI=1S/C13H19N3O2/c1-10-11(8-14-15-10)12(17)16-6-7-18-13(9-16)4-2-3-5-13/h8H,2-7,9H2,1H3,(H,14,15). The fraction of sp³-hybridized carbons (Fsp3) is 0.692. The predicted octanol–water partition coefficient (Wildman–Crippen LogP) is 1.50. The SMILES string of the molecule is Cc1[nH]ncc1C(=O)N1CCOC2(CCCC2)C1. The topological polar surface area (TPSA) is 58.2 Å². The third-order valence-corrected chi connectivity index (χ3v) is 4.11. The molecule has 1 amide bonds. The van der Waals surface area contributed by atoms with E-state index in [0.29, 0.717) is 18.7 Å². The Labute approximate surface area is 107 Å². The molecule has 0 radical (unpaired) electrons. The predicted molar refractivity (Wildman–Crippen MR) is 66.4 cm³/mol. The van der Waals surface area contributed by atoms with Gasteiger partial charge in [0.1, 0.15) is 0 Å². The van der Waals surface area contributed by atoms with Crippen molar-refractivity contribution in [1.29, 1.82) is 0 Å². The summed E-state index contributed by atoms with van der Waals surface area (Å²) in [5, 5.41) is 6.74. The number of aromatic amines is 1. The van der Waals surface area contributed by atoms with Crippen molar-refractivity contribution in [3.63, 3.8) is 0 Å². The van der Waals surface area contributed by atoms with E-state index in [1.807, 2.05) is 11.8 Å². The molecule has 18 heavy (non-hydrogen) atoms. The monoisotopic (exact) mass is 249 g/mol. The van der Waals surface area contributed by atoms with Crippen LogP contribution in [0.2, 0.25) is 0 Å². The van der Waals surface area contributed by atoms with Gasteiger partial charge in [-0.05, 0) is 19.8 Å². The summed E-state index contributed by atoms with van der Waals surface area (Å²) < 4.78 is 5.94. The molecular formula is C13H19N3O2. The van der Waals surface area contributed by atoms with E-state index in [9.17, 15) is 4.79 Å². The molecule has 0 bridgehead atoms. The number of hydrogen-bond donors (Lipinski definition) is 1. The zero-order valence-electron chi connectivity index (χ0n) is 10.7. The molecule has 98 valence electrons. The molecule has 1 saturated carbocycles. The smallest absolute Gasteiger partial charge is 0.257 e. The summed E-state index contributed by atoms with van der Waals surface area (Å²) in [7, 11) is 0. The van der Waals surface area contributed by atoms with Gasteiger partial charge in [-0.3, -0.25) is 9.89 Å². The van der Waals surface area contributed by atoms with E-state index in [0.717, 1.165) is 25.1 Å². The first-order chi connectivity index (χ1) is 8.70. The van der Waals surface area contributed by atoms with Crippen LogP contribution < -0.4 is 0 Å². The number of ether oxygens (including phenoxy) is 1. The van der Waals surface area contributed by atoms with Crippen molar-refractivity contribution in [3.8, 4) is 0 Å². The van der Waals surface area contributed by atoms with Gasteiger partial charge in [-0.25, -0.2) is 0 Å². The van der Waals surface area contributed by atoms with Crippen LogP contribution in [0.5, 0.6) is 0 Å². The number of amides is 1. The number of hydrogen-bond acceptors (Lipinski definition) is 3. The van der Waals surface area contributed by atoms with Crippen LogP contribution >= 0.6 is 0 Å². The number of morpholine rings is 1. The van der Waals surface area contributed by atoms with Gasteiger partial charge in [0.25, 0.3) is 5.91 Å². The molecule has 2 aliphatic rings. The fourth-order valence-corrected chi connectivity index (χ4v) is 3.08. The molecule has 5 nitrogen and oxygen atoms in total. The molecule has 1 aliphatic heterocycles. The molecule has 1 aromatic heterocycles. The van der Waals surface area contributed by atoms with Crippen LogP contribution in [0, 0.1) is 6.92 Å². The first-order valence-corrected chi connectivity index (χ1v) is 6.63. The van der Waals surface area contributed by atoms with Crippen LogP contribution in [0.4, 0.5) is 0 Å². The lowest BCUT2D eigenvalue weighted by molar-refractivity contribution is -0.0948. The molecule has 1 N–H and O–H groups in total. The third kappa shape index (κ3) is 1.92. The number of aromatic nitrogens is 2. The summed E-state index contributed by atoms with van der Waals surface area (Å²) in [4.78, 5) is 14.4. The molecule has 2 heterocycles. The van der Waals surface area contributed by atoms with Crippen molar-refractivity contribution in [1.82, 2.24) is 15.1 Å². The second-order valence-corrected chi connectivity index (χ2v) is 5.37. The Bertz CT molecular complexity index is 449. The first kappa shape index (κ1) is 11.7. The molecule has 0 aromatic carbocycles. The van der Waals surface area contributed by atoms with Crippen LogP contribution in [0.1, 0.15) is 41.7 Å². The van der Waals surface area contributed by atoms with Crippen molar-refractivity contribution in [3.05, 3.63) is 17.5 Å². The van der Waals surface area contributed by atoms with Gasteiger partial charge in [0.2, 0.25) is 0 Å². The molecule has 1 saturated heterocycles. The number of carbonyl (C=O) groups excluding carboxylic acids is 1. The molecule has 1 aliphatic carbocycles. The van der Waals surface area contributed by atoms with E-state index in [-0.39, 0.29) is 11.5 Å². The van der Waals surface area contributed by atoms with E-state index in [1.54, 1.807) is 6.20 Å². The van der Waals surface area contributed by atoms with Crippen LogP contribution in [-0.2, 0) is 4.74 Å². The molecular weight excluding hydrogens is 230 g/mol. The molecule has 2 fully saturated rings. The zero-order valence-corrected chi connectivity index (χ0v) is 10.7. The minimum atomic E-state index is -0.0639. The minimum absolute atomic E-state index is 0.0639. The van der Waals surface area contributed by atoms with E-state index >= 15 is 0 Å². The summed E-state index contributed by atoms with van der Waals surface area (Å²) in [5.41, 5.74) is 1.46. The zero-order chi connectivity index (χ0) is 12.6. The first-order valence-electron chi connectivity index (χ1n) is 6.63. The van der Waals surface area contributed by atoms with Gasteiger partial charge in [-0.15, -0.1) is 0 Å². The number of aryl methyl sites for hydroxylation is 1. The maximum atomic E-state index is 12.4. The van der Waals surface area contributed by atoms with E-state index in [1.165, 1.54) is 12.8 Å². The highest BCUT2D eigenvalue weighted by Crippen LogP contribution is 2.36. The van der Waals surface area contributed by atoms with Crippen LogP contribution in [0.3, 0.4) is 0 Å². The number of rotatable bonds is 1. The summed E-state index contributed by atoms with van der Waals surface area (Å²) in [5.74, 6) is 0.0795. The molecule has 3 rings (SSSR count). The highest BCUT2D eigenvalue weighted by molar-refractivity contribution is 5.95. The van der Waals surface area contributed by atoms with Gasteiger partial charge < -0.3 is 9.64 Å². The van der Waals surface area contributed by atoms with Gasteiger partial charge in [0.15, 0.2) is 0 Å². The second-order valence-electron chi connectivity index (χ2n) is 5.37. The van der Waals surface area contributed by atoms with Crippen molar-refractivity contribution in [2.45, 2.75) is 38.2 Å². The van der Waals surface area contributed by atoms with Gasteiger partial charge >= 0.3 is 0 Å². The third-order valence-electron chi connectivity index (χ3n) is 4.11.